The summed E-state index contributed by atoms with van der Waals surface area (Å²) in [7, 11) is 0. The summed E-state index contributed by atoms with van der Waals surface area (Å²) >= 11 is 0. The van der Waals surface area contributed by atoms with Crippen LogP contribution in [0, 0.1) is 12.7 Å². The lowest BCUT2D eigenvalue weighted by Crippen LogP contribution is -2.19. The van der Waals surface area contributed by atoms with E-state index in [0.717, 1.165) is 16.7 Å². The predicted molar refractivity (Wildman–Crippen MR) is 119 cm³/mol. The zero-order chi connectivity index (χ0) is 22.8. The molecule has 0 unspecified atom stereocenters. The Kier molecular flexibility index (Phi) is 5.40. The Morgan fingerprint density at radius 1 is 0.970 bits per heavy atom. The third kappa shape index (κ3) is 4.36. The summed E-state index contributed by atoms with van der Waals surface area (Å²) in [5.74, 6) is 0.104. The van der Waals surface area contributed by atoms with Gasteiger partial charge in [-0.05, 0) is 41.8 Å². The van der Waals surface area contributed by atoms with Crippen molar-refractivity contribution >= 4 is 5.65 Å². The standard InChI is InChI=1S/C25H19FN4O3/c1-16-7-12-20-27-22(24-29-28-21(33-24)13-17-8-10-19(26)11-9-17)23(25(31)30(20)14-16)32-15-18-5-3-2-4-6-18/h2-12,14H,13,15H2,1H3. The molecule has 0 atom stereocenters. The quantitative estimate of drug-likeness (QED) is 0.389. The largest absolute Gasteiger partial charge is 0.481 e. The molecule has 0 aliphatic carbocycles. The third-order valence-electron chi connectivity index (χ3n) is 5.09. The molecule has 5 rings (SSSR count). The zero-order valence-corrected chi connectivity index (χ0v) is 17.7. The lowest BCUT2D eigenvalue weighted by atomic mass is 10.1. The van der Waals surface area contributed by atoms with Gasteiger partial charge in [0.15, 0.2) is 5.69 Å². The van der Waals surface area contributed by atoms with Gasteiger partial charge >= 0.3 is 5.56 Å². The van der Waals surface area contributed by atoms with Crippen LogP contribution in [0.25, 0.3) is 17.2 Å². The lowest BCUT2D eigenvalue weighted by molar-refractivity contribution is 0.300. The average molecular weight is 442 g/mol. The zero-order valence-electron chi connectivity index (χ0n) is 17.7. The first-order valence-corrected chi connectivity index (χ1v) is 10.3. The number of ether oxygens (including phenoxy) is 1. The normalized spacial score (nSPS) is 11.1. The van der Waals surface area contributed by atoms with Crippen molar-refractivity contribution in [2.75, 3.05) is 0 Å². The van der Waals surface area contributed by atoms with E-state index in [1.54, 1.807) is 24.4 Å². The molecule has 5 aromatic rings. The lowest BCUT2D eigenvalue weighted by Gasteiger charge is -2.11. The molecule has 33 heavy (non-hydrogen) atoms. The molecule has 0 saturated heterocycles. The molecule has 164 valence electrons. The van der Waals surface area contributed by atoms with Crippen molar-refractivity contribution in [2.24, 2.45) is 0 Å². The average Bonchev–Trinajstić information content (AvgIpc) is 3.29. The maximum absolute atomic E-state index is 13.3. The molecule has 0 aliphatic heterocycles. The molecule has 3 aromatic heterocycles. The number of halogens is 1. The molecule has 8 heteroatoms. The highest BCUT2D eigenvalue weighted by molar-refractivity contribution is 5.61. The summed E-state index contributed by atoms with van der Waals surface area (Å²) in [5.41, 5.74) is 2.87. The van der Waals surface area contributed by atoms with Gasteiger partial charge in [0.05, 0.1) is 6.42 Å². The van der Waals surface area contributed by atoms with Crippen molar-refractivity contribution in [3.8, 4) is 17.3 Å². The SMILES string of the molecule is Cc1ccc2nc(-c3nnc(Cc4ccc(F)cc4)o3)c(OCc3ccccc3)c(=O)n2c1. The topological polar surface area (TPSA) is 82.5 Å². The van der Waals surface area contributed by atoms with E-state index in [-0.39, 0.29) is 35.3 Å². The summed E-state index contributed by atoms with van der Waals surface area (Å²) in [5, 5.41) is 8.18. The van der Waals surface area contributed by atoms with Crippen molar-refractivity contribution in [3.63, 3.8) is 0 Å². The highest BCUT2D eigenvalue weighted by atomic mass is 19.1. The van der Waals surface area contributed by atoms with Crippen molar-refractivity contribution in [2.45, 2.75) is 20.0 Å². The van der Waals surface area contributed by atoms with E-state index in [9.17, 15) is 9.18 Å². The second-order valence-corrected chi connectivity index (χ2v) is 7.61. The third-order valence-corrected chi connectivity index (χ3v) is 5.09. The maximum atomic E-state index is 13.3. The molecule has 0 radical (unpaired) electrons. The van der Waals surface area contributed by atoms with Crippen LogP contribution in [0.2, 0.25) is 0 Å². The summed E-state index contributed by atoms with van der Waals surface area (Å²) < 4.78 is 26.4. The number of benzene rings is 2. The molecule has 2 aromatic carbocycles. The predicted octanol–water partition coefficient (Wildman–Crippen LogP) is 4.36. The molecule has 0 bridgehead atoms. The van der Waals surface area contributed by atoms with Crippen molar-refractivity contribution in [3.05, 3.63) is 112 Å². The molecular formula is C25H19FN4O3. The molecule has 7 nitrogen and oxygen atoms in total. The first-order chi connectivity index (χ1) is 16.1. The fourth-order valence-electron chi connectivity index (χ4n) is 3.43. The van der Waals surface area contributed by atoms with E-state index in [4.69, 9.17) is 9.15 Å². The minimum Gasteiger partial charge on any atom is -0.481 e. The van der Waals surface area contributed by atoms with Crippen LogP contribution in [0.5, 0.6) is 5.75 Å². The van der Waals surface area contributed by atoms with Gasteiger partial charge in [0.1, 0.15) is 18.1 Å². The number of hydrogen-bond donors (Lipinski definition) is 0. The Morgan fingerprint density at radius 3 is 2.55 bits per heavy atom. The number of aromatic nitrogens is 4. The first-order valence-electron chi connectivity index (χ1n) is 10.3. The minimum atomic E-state index is -0.368. The number of aryl methyl sites for hydroxylation is 1. The van der Waals surface area contributed by atoms with E-state index in [0.29, 0.717) is 18.0 Å². The molecular weight excluding hydrogens is 423 g/mol. The van der Waals surface area contributed by atoms with Gasteiger partial charge < -0.3 is 9.15 Å². The highest BCUT2D eigenvalue weighted by Crippen LogP contribution is 2.26. The van der Waals surface area contributed by atoms with Crippen LogP contribution in [0.4, 0.5) is 4.39 Å². The fourth-order valence-corrected chi connectivity index (χ4v) is 3.43. The molecule has 0 amide bonds. The molecule has 0 aliphatic rings. The van der Waals surface area contributed by atoms with Crippen LogP contribution in [-0.2, 0) is 13.0 Å². The number of rotatable bonds is 6. The highest BCUT2D eigenvalue weighted by Gasteiger charge is 2.21. The van der Waals surface area contributed by atoms with Crippen molar-refractivity contribution < 1.29 is 13.5 Å². The van der Waals surface area contributed by atoms with E-state index >= 15 is 0 Å². The number of pyridine rings is 1. The summed E-state index contributed by atoms with van der Waals surface area (Å²) in [6.45, 7) is 2.07. The number of fused-ring (bicyclic) bond motifs is 1. The number of hydrogen-bond acceptors (Lipinski definition) is 6. The van der Waals surface area contributed by atoms with Crippen molar-refractivity contribution in [1.29, 1.82) is 0 Å². The van der Waals surface area contributed by atoms with Gasteiger partial charge in [0.25, 0.3) is 5.89 Å². The Morgan fingerprint density at radius 2 is 1.76 bits per heavy atom. The van der Waals surface area contributed by atoms with Gasteiger partial charge in [-0.15, -0.1) is 10.2 Å². The first kappa shape index (κ1) is 20.6. The smallest absolute Gasteiger partial charge is 0.301 e. The Bertz CT molecular complexity index is 1480. The molecule has 0 fully saturated rings. The van der Waals surface area contributed by atoms with Gasteiger partial charge in [-0.2, -0.15) is 0 Å². The monoisotopic (exact) mass is 442 g/mol. The summed E-state index contributed by atoms with van der Waals surface area (Å²) in [6.07, 6.45) is 2.02. The fraction of sp³-hybridized carbons (Fsp3) is 0.120. The van der Waals surface area contributed by atoms with Crippen molar-refractivity contribution in [1.82, 2.24) is 19.6 Å². The summed E-state index contributed by atoms with van der Waals surface area (Å²) in [4.78, 5) is 17.9. The molecule has 0 N–H and O–H groups in total. The molecule has 3 heterocycles. The van der Waals surface area contributed by atoms with Crippen LogP contribution < -0.4 is 10.3 Å². The number of nitrogens with zero attached hydrogens (tertiary/aromatic N) is 4. The summed E-state index contributed by atoms with van der Waals surface area (Å²) in [6, 6.07) is 19.2. The van der Waals surface area contributed by atoms with E-state index in [1.165, 1.54) is 16.5 Å². The minimum absolute atomic E-state index is 0.0268. The van der Waals surface area contributed by atoms with Gasteiger partial charge in [0.2, 0.25) is 11.6 Å². The molecule has 0 saturated carbocycles. The van der Waals surface area contributed by atoms with Crippen LogP contribution in [0.15, 0.2) is 82.1 Å². The Hall–Kier alpha value is -4.33. The Labute approximate surface area is 188 Å². The van der Waals surface area contributed by atoms with Gasteiger partial charge in [0, 0.05) is 6.20 Å². The van der Waals surface area contributed by atoms with E-state index in [1.807, 2.05) is 43.3 Å². The maximum Gasteiger partial charge on any atom is 0.301 e. The van der Waals surface area contributed by atoms with Crippen LogP contribution in [0.3, 0.4) is 0 Å². The van der Waals surface area contributed by atoms with Crippen LogP contribution in [-0.4, -0.2) is 19.6 Å². The second-order valence-electron chi connectivity index (χ2n) is 7.61. The van der Waals surface area contributed by atoms with Gasteiger partial charge in [-0.3, -0.25) is 9.20 Å². The van der Waals surface area contributed by atoms with E-state index in [2.05, 4.69) is 15.2 Å². The second kappa shape index (κ2) is 8.66. The van der Waals surface area contributed by atoms with Gasteiger partial charge in [-0.25, -0.2) is 9.37 Å². The molecule has 0 spiro atoms. The van der Waals surface area contributed by atoms with E-state index < -0.39 is 0 Å². The van der Waals surface area contributed by atoms with Crippen LogP contribution in [0.1, 0.15) is 22.6 Å². The van der Waals surface area contributed by atoms with Gasteiger partial charge in [-0.1, -0.05) is 48.5 Å². The Balaban J connectivity index is 1.54. The van der Waals surface area contributed by atoms with Crippen LogP contribution >= 0.6 is 0 Å².